The summed E-state index contributed by atoms with van der Waals surface area (Å²) in [4.78, 5) is 4.19. The molecule has 0 atom stereocenters. The summed E-state index contributed by atoms with van der Waals surface area (Å²) in [6.07, 6.45) is 6.59. The van der Waals surface area contributed by atoms with Gasteiger partial charge in [-0.25, -0.2) is 8.42 Å². The Bertz CT molecular complexity index is 735. The molecule has 0 aromatic heterocycles. The van der Waals surface area contributed by atoms with Crippen molar-refractivity contribution in [2.75, 3.05) is 32.7 Å². The van der Waals surface area contributed by atoms with Gasteiger partial charge in [0.15, 0.2) is 17.5 Å². The molecule has 1 aromatic rings. The molecule has 0 amide bonds. The second kappa shape index (κ2) is 12.4. The van der Waals surface area contributed by atoms with Gasteiger partial charge in [0.1, 0.15) is 9.84 Å². The third-order valence-corrected chi connectivity index (χ3v) is 5.55. The zero-order chi connectivity index (χ0) is 19.7. The Kier molecular flexibility index (Phi) is 10.9. The van der Waals surface area contributed by atoms with Crippen molar-refractivity contribution in [1.82, 2.24) is 10.6 Å². The number of methoxy groups -OCH3 is 1. The molecule has 0 spiro atoms. The smallest absolute Gasteiger partial charge is 0.191 e. The van der Waals surface area contributed by atoms with E-state index in [-0.39, 0.29) is 35.8 Å². The lowest BCUT2D eigenvalue weighted by Crippen LogP contribution is -2.37. The van der Waals surface area contributed by atoms with Gasteiger partial charge in [-0.3, -0.25) is 4.99 Å². The normalized spacial score (nSPS) is 15.0. The van der Waals surface area contributed by atoms with Crippen LogP contribution in [0.2, 0.25) is 0 Å². The van der Waals surface area contributed by atoms with Crippen LogP contribution in [0, 0.1) is 0 Å². The molecule has 160 valence electrons. The first-order chi connectivity index (χ1) is 12.9. The maximum Gasteiger partial charge on any atom is 0.191 e. The molecule has 7 nitrogen and oxygen atoms in total. The van der Waals surface area contributed by atoms with Crippen LogP contribution < -0.4 is 20.1 Å². The topological polar surface area (TPSA) is 89.0 Å². The maximum atomic E-state index is 11.2. The summed E-state index contributed by atoms with van der Waals surface area (Å²) in [5.74, 6) is 2.30. The van der Waals surface area contributed by atoms with Crippen molar-refractivity contribution in [3.8, 4) is 11.5 Å². The van der Waals surface area contributed by atoms with E-state index in [0.717, 1.165) is 29.9 Å². The number of nitrogens with one attached hydrogen (secondary N) is 2. The van der Waals surface area contributed by atoms with Crippen molar-refractivity contribution >= 4 is 39.8 Å². The second-order valence-corrected chi connectivity index (χ2v) is 9.07. The van der Waals surface area contributed by atoms with Crippen LogP contribution in [0.3, 0.4) is 0 Å². The average molecular weight is 525 g/mol. The Labute approximate surface area is 185 Å². The third-order valence-electron chi connectivity index (χ3n) is 4.52. The quantitative estimate of drug-likeness (QED) is 0.223. The van der Waals surface area contributed by atoms with Crippen LogP contribution in [0.1, 0.15) is 37.7 Å². The summed E-state index contributed by atoms with van der Waals surface area (Å²) in [6.45, 7) is 1.07. The molecular formula is C19H32IN3O4S. The van der Waals surface area contributed by atoms with Crippen LogP contribution in [0.5, 0.6) is 11.5 Å². The van der Waals surface area contributed by atoms with Gasteiger partial charge in [0.05, 0.1) is 19.0 Å². The van der Waals surface area contributed by atoms with Crippen LogP contribution in [-0.4, -0.2) is 53.2 Å². The number of halogens is 1. The van der Waals surface area contributed by atoms with Crippen molar-refractivity contribution in [3.05, 3.63) is 23.8 Å². The molecule has 1 aliphatic rings. The molecule has 2 rings (SSSR count). The fraction of sp³-hybridized carbons (Fsp3) is 0.632. The molecule has 9 heteroatoms. The highest BCUT2D eigenvalue weighted by Gasteiger charge is 2.20. The summed E-state index contributed by atoms with van der Waals surface area (Å²) in [6, 6.07) is 5.86. The van der Waals surface area contributed by atoms with Gasteiger partial charge in [0.2, 0.25) is 0 Å². The predicted molar refractivity (Wildman–Crippen MR) is 124 cm³/mol. The molecule has 1 saturated carbocycles. The van der Waals surface area contributed by atoms with E-state index >= 15 is 0 Å². The number of benzene rings is 1. The Morgan fingerprint density at radius 3 is 2.57 bits per heavy atom. The van der Waals surface area contributed by atoms with Gasteiger partial charge in [-0.05, 0) is 38.2 Å². The Morgan fingerprint density at radius 2 is 1.96 bits per heavy atom. The predicted octanol–water partition coefficient (Wildman–Crippen LogP) is 2.73. The van der Waals surface area contributed by atoms with E-state index in [9.17, 15) is 8.42 Å². The molecule has 1 aromatic carbocycles. The molecule has 1 fully saturated rings. The monoisotopic (exact) mass is 525 g/mol. The summed E-state index contributed by atoms with van der Waals surface area (Å²) in [5, 5.41) is 6.39. The van der Waals surface area contributed by atoms with E-state index in [2.05, 4.69) is 15.6 Å². The second-order valence-electron chi connectivity index (χ2n) is 6.81. The first-order valence-corrected chi connectivity index (χ1v) is 11.4. The molecule has 0 unspecified atom stereocenters. The van der Waals surface area contributed by atoms with Crippen LogP contribution in [0.4, 0.5) is 0 Å². The molecule has 2 N–H and O–H groups in total. The molecule has 0 heterocycles. The number of para-hydroxylation sites is 1. The lowest BCUT2D eigenvalue weighted by Gasteiger charge is -2.20. The van der Waals surface area contributed by atoms with E-state index in [1.165, 1.54) is 19.1 Å². The highest BCUT2D eigenvalue weighted by Crippen LogP contribution is 2.34. The molecular weight excluding hydrogens is 493 g/mol. The Hall–Kier alpha value is -1.23. The fourth-order valence-corrected chi connectivity index (χ4v) is 3.78. The first kappa shape index (κ1) is 24.8. The third kappa shape index (κ3) is 8.42. The largest absolute Gasteiger partial charge is 0.493 e. The van der Waals surface area contributed by atoms with Gasteiger partial charge in [-0.1, -0.05) is 12.1 Å². The number of nitrogens with zero attached hydrogens (tertiary/aromatic N) is 1. The van der Waals surface area contributed by atoms with E-state index in [1.807, 2.05) is 18.2 Å². The van der Waals surface area contributed by atoms with Crippen molar-refractivity contribution in [2.24, 2.45) is 4.99 Å². The number of hydrogen-bond donors (Lipinski definition) is 2. The van der Waals surface area contributed by atoms with Gasteiger partial charge in [0.25, 0.3) is 0 Å². The summed E-state index contributed by atoms with van der Waals surface area (Å²) in [5.41, 5.74) is 1.00. The summed E-state index contributed by atoms with van der Waals surface area (Å²) >= 11 is 0. The zero-order valence-corrected chi connectivity index (χ0v) is 20.0. The highest BCUT2D eigenvalue weighted by atomic mass is 127. The summed E-state index contributed by atoms with van der Waals surface area (Å²) in [7, 11) is 0.397. The Morgan fingerprint density at radius 1 is 1.25 bits per heavy atom. The van der Waals surface area contributed by atoms with Gasteiger partial charge >= 0.3 is 0 Å². The number of sulfone groups is 1. The van der Waals surface area contributed by atoms with E-state index < -0.39 is 9.84 Å². The van der Waals surface area contributed by atoms with Crippen molar-refractivity contribution in [1.29, 1.82) is 0 Å². The van der Waals surface area contributed by atoms with Gasteiger partial charge in [0, 0.05) is 32.0 Å². The van der Waals surface area contributed by atoms with Crippen molar-refractivity contribution in [2.45, 2.75) is 44.8 Å². The first-order valence-electron chi connectivity index (χ1n) is 9.37. The number of aliphatic imine (C=N–C) groups is 1. The van der Waals surface area contributed by atoms with Crippen molar-refractivity contribution < 1.29 is 17.9 Å². The lowest BCUT2D eigenvalue weighted by molar-refractivity contribution is 0.198. The molecule has 1 aliphatic carbocycles. The SMILES string of the molecule is CN=C(NCCCS(C)(=O)=O)NCc1cccc(OC)c1OC1CCCC1.I. The number of ether oxygens (including phenoxy) is 2. The minimum Gasteiger partial charge on any atom is -0.493 e. The van der Waals surface area contributed by atoms with Gasteiger partial charge in [-0.2, -0.15) is 0 Å². The number of rotatable bonds is 9. The highest BCUT2D eigenvalue weighted by molar-refractivity contribution is 14.0. The van der Waals surface area contributed by atoms with Crippen LogP contribution in [0.25, 0.3) is 0 Å². The lowest BCUT2D eigenvalue weighted by atomic mass is 10.1. The molecule has 0 radical (unpaired) electrons. The van der Waals surface area contributed by atoms with Crippen LogP contribution >= 0.6 is 24.0 Å². The molecule has 0 bridgehead atoms. The van der Waals surface area contributed by atoms with Gasteiger partial charge < -0.3 is 20.1 Å². The van der Waals surface area contributed by atoms with Crippen LogP contribution in [0.15, 0.2) is 23.2 Å². The molecule has 0 aliphatic heterocycles. The minimum absolute atomic E-state index is 0. The standard InChI is InChI=1S/C19H31N3O4S.HI/c1-20-19(21-12-7-13-27(3,23)24)22-14-15-8-6-11-17(25-2)18(15)26-16-9-4-5-10-16;/h6,8,11,16H,4-5,7,9-10,12-14H2,1-3H3,(H2,20,21,22);1H. The number of guanidine groups is 1. The Balaban J connectivity index is 0.00000392. The van der Waals surface area contributed by atoms with Crippen LogP contribution in [-0.2, 0) is 16.4 Å². The summed E-state index contributed by atoms with van der Waals surface area (Å²) < 4.78 is 34.1. The van der Waals surface area contributed by atoms with E-state index in [4.69, 9.17) is 9.47 Å². The zero-order valence-electron chi connectivity index (χ0n) is 16.9. The molecule has 0 saturated heterocycles. The van der Waals surface area contributed by atoms with Crippen molar-refractivity contribution in [3.63, 3.8) is 0 Å². The fourth-order valence-electron chi connectivity index (χ4n) is 3.11. The van der Waals surface area contributed by atoms with E-state index in [1.54, 1.807) is 14.2 Å². The maximum absolute atomic E-state index is 11.2. The van der Waals surface area contributed by atoms with E-state index in [0.29, 0.717) is 25.5 Å². The average Bonchev–Trinajstić information content (AvgIpc) is 3.14. The number of hydrogen-bond acceptors (Lipinski definition) is 5. The van der Waals surface area contributed by atoms with Gasteiger partial charge in [-0.15, -0.1) is 24.0 Å². The minimum atomic E-state index is -2.94. The molecule has 28 heavy (non-hydrogen) atoms.